The number of benzene rings is 1. The van der Waals surface area contributed by atoms with Crippen LogP contribution in [0.15, 0.2) is 64.9 Å². The number of carbonyl (C=O) groups excluding carboxylic acids is 1. The molecule has 2 aromatic heterocycles. The van der Waals surface area contributed by atoms with E-state index in [1.807, 2.05) is 4.57 Å². The van der Waals surface area contributed by atoms with Gasteiger partial charge in [-0.05, 0) is 52.3 Å². The third-order valence-corrected chi connectivity index (χ3v) is 5.05. The van der Waals surface area contributed by atoms with Gasteiger partial charge in [0, 0.05) is 17.2 Å². The highest BCUT2D eigenvalue weighted by molar-refractivity contribution is 9.10. The fourth-order valence-electron chi connectivity index (χ4n) is 2.28. The molecule has 0 unspecified atom stereocenters. The molecule has 0 fully saturated rings. The Morgan fingerprint density at radius 2 is 2.07 bits per heavy atom. The van der Waals surface area contributed by atoms with Gasteiger partial charge >= 0.3 is 0 Å². The van der Waals surface area contributed by atoms with Crippen LogP contribution >= 0.6 is 27.7 Å². The van der Waals surface area contributed by atoms with Gasteiger partial charge in [0.2, 0.25) is 5.91 Å². The molecule has 0 saturated carbocycles. The average molecular weight is 478 g/mol. The lowest BCUT2D eigenvalue weighted by atomic mass is 10.3. The van der Waals surface area contributed by atoms with Crippen LogP contribution in [-0.2, 0) is 17.9 Å². The van der Waals surface area contributed by atoms with Crippen LogP contribution in [0.4, 0.5) is 10.2 Å². The van der Waals surface area contributed by atoms with E-state index in [0.29, 0.717) is 29.1 Å². The van der Waals surface area contributed by atoms with Crippen LogP contribution in [0.1, 0.15) is 5.82 Å². The van der Waals surface area contributed by atoms with Gasteiger partial charge in [-0.1, -0.05) is 17.8 Å². The second-order valence-electron chi connectivity index (χ2n) is 5.74. The standard InChI is InChI=1S/C19H17BrFN5O2S/c1-2-9-26-17(11-28-15-6-4-14(21)5-7-15)24-25-19(26)29-12-18(27)23-16-8-3-13(20)10-22-16/h2-8,10H,1,9,11-12H2,(H,22,23,27). The van der Waals surface area contributed by atoms with Crippen LogP contribution < -0.4 is 10.1 Å². The molecule has 0 atom stereocenters. The van der Waals surface area contributed by atoms with E-state index in [1.165, 1.54) is 23.9 Å². The van der Waals surface area contributed by atoms with Crippen molar-refractivity contribution in [1.29, 1.82) is 0 Å². The summed E-state index contributed by atoms with van der Waals surface area (Å²) in [6.45, 7) is 4.36. The van der Waals surface area contributed by atoms with E-state index in [2.05, 4.69) is 43.0 Å². The first-order chi connectivity index (χ1) is 14.0. The maximum atomic E-state index is 13.0. The van der Waals surface area contributed by atoms with Crippen LogP contribution in [0.3, 0.4) is 0 Å². The topological polar surface area (TPSA) is 81.9 Å². The summed E-state index contributed by atoms with van der Waals surface area (Å²) in [4.78, 5) is 16.3. The lowest BCUT2D eigenvalue weighted by Gasteiger charge is -2.09. The molecule has 1 amide bonds. The number of nitrogens with zero attached hydrogens (tertiary/aromatic N) is 4. The molecule has 0 radical (unpaired) electrons. The summed E-state index contributed by atoms with van der Waals surface area (Å²) in [6.07, 6.45) is 3.32. The third kappa shape index (κ3) is 6.13. The van der Waals surface area contributed by atoms with Crippen molar-refractivity contribution in [2.45, 2.75) is 18.3 Å². The number of thioether (sulfide) groups is 1. The van der Waals surface area contributed by atoms with Gasteiger partial charge in [0.15, 0.2) is 11.0 Å². The molecule has 0 aliphatic rings. The summed E-state index contributed by atoms with van der Waals surface area (Å²) in [6, 6.07) is 9.23. The fourth-order valence-corrected chi connectivity index (χ4v) is 3.28. The Hall–Kier alpha value is -2.72. The highest BCUT2D eigenvalue weighted by atomic mass is 79.9. The van der Waals surface area contributed by atoms with Crippen molar-refractivity contribution in [2.24, 2.45) is 0 Å². The molecule has 0 spiro atoms. The van der Waals surface area contributed by atoms with E-state index < -0.39 is 0 Å². The Labute approximate surface area is 179 Å². The van der Waals surface area contributed by atoms with Crippen LogP contribution in [0.25, 0.3) is 0 Å². The van der Waals surface area contributed by atoms with Gasteiger partial charge < -0.3 is 10.1 Å². The van der Waals surface area contributed by atoms with Crippen LogP contribution in [-0.4, -0.2) is 31.4 Å². The monoisotopic (exact) mass is 477 g/mol. The van der Waals surface area contributed by atoms with E-state index in [4.69, 9.17) is 4.74 Å². The van der Waals surface area contributed by atoms with E-state index in [-0.39, 0.29) is 24.1 Å². The number of halogens is 2. The Morgan fingerprint density at radius 1 is 1.28 bits per heavy atom. The zero-order valence-corrected chi connectivity index (χ0v) is 17.6. The summed E-state index contributed by atoms with van der Waals surface area (Å²) in [5.74, 6) is 1.18. The summed E-state index contributed by atoms with van der Waals surface area (Å²) < 4.78 is 21.3. The maximum absolute atomic E-state index is 13.0. The van der Waals surface area contributed by atoms with E-state index in [0.717, 1.165) is 4.47 Å². The molecular formula is C19H17BrFN5O2S. The summed E-state index contributed by atoms with van der Waals surface area (Å²) >= 11 is 4.55. The second-order valence-corrected chi connectivity index (χ2v) is 7.60. The van der Waals surface area contributed by atoms with Crippen LogP contribution in [0.2, 0.25) is 0 Å². The first kappa shape index (κ1) is 21.0. The minimum absolute atomic E-state index is 0.145. The minimum atomic E-state index is -0.331. The average Bonchev–Trinajstić information content (AvgIpc) is 3.10. The number of allylic oxidation sites excluding steroid dienone is 1. The largest absolute Gasteiger partial charge is 0.486 e. The molecule has 0 bridgehead atoms. The molecule has 0 aliphatic heterocycles. The number of aromatic nitrogens is 4. The fraction of sp³-hybridized carbons (Fsp3) is 0.158. The Balaban J connectivity index is 1.59. The Morgan fingerprint density at radius 3 is 2.76 bits per heavy atom. The van der Waals surface area contributed by atoms with Gasteiger partial charge in [0.25, 0.3) is 0 Å². The Bertz CT molecular complexity index is 979. The molecule has 1 N–H and O–H groups in total. The Kier molecular flexibility index (Phi) is 7.36. The molecule has 29 heavy (non-hydrogen) atoms. The molecule has 2 heterocycles. The number of amides is 1. The number of hydrogen-bond donors (Lipinski definition) is 1. The number of nitrogens with one attached hydrogen (secondary N) is 1. The normalized spacial score (nSPS) is 10.6. The molecule has 3 rings (SSSR count). The molecule has 150 valence electrons. The number of hydrogen-bond acceptors (Lipinski definition) is 6. The van der Waals surface area contributed by atoms with Gasteiger partial charge in [-0.2, -0.15) is 0 Å². The molecule has 1 aromatic carbocycles. The molecule has 10 heteroatoms. The van der Waals surface area contributed by atoms with Gasteiger partial charge in [-0.3, -0.25) is 9.36 Å². The molecule has 0 aliphatic carbocycles. The van der Waals surface area contributed by atoms with Gasteiger partial charge in [0.1, 0.15) is 24.0 Å². The zero-order valence-electron chi connectivity index (χ0n) is 15.2. The highest BCUT2D eigenvalue weighted by Gasteiger charge is 2.14. The highest BCUT2D eigenvalue weighted by Crippen LogP contribution is 2.20. The third-order valence-electron chi connectivity index (χ3n) is 3.61. The van der Waals surface area contributed by atoms with Crippen LogP contribution in [0, 0.1) is 5.82 Å². The smallest absolute Gasteiger partial charge is 0.236 e. The summed E-state index contributed by atoms with van der Waals surface area (Å²) in [7, 11) is 0. The number of pyridine rings is 1. The number of carbonyl (C=O) groups is 1. The van der Waals surface area contributed by atoms with Crippen molar-refractivity contribution in [1.82, 2.24) is 19.7 Å². The predicted octanol–water partition coefficient (Wildman–Crippen LogP) is 4.07. The van der Waals surface area contributed by atoms with Crippen LogP contribution in [0.5, 0.6) is 5.75 Å². The van der Waals surface area contributed by atoms with Gasteiger partial charge in [-0.25, -0.2) is 9.37 Å². The number of rotatable bonds is 9. The van der Waals surface area contributed by atoms with Crippen molar-refractivity contribution in [3.8, 4) is 5.75 Å². The second kappa shape index (κ2) is 10.2. The minimum Gasteiger partial charge on any atom is -0.486 e. The lowest BCUT2D eigenvalue weighted by Crippen LogP contribution is -2.15. The van der Waals surface area contributed by atoms with Crippen molar-refractivity contribution in [3.63, 3.8) is 0 Å². The van der Waals surface area contributed by atoms with Crippen molar-refractivity contribution in [3.05, 3.63) is 71.4 Å². The lowest BCUT2D eigenvalue weighted by molar-refractivity contribution is -0.113. The van der Waals surface area contributed by atoms with E-state index in [1.54, 1.807) is 36.5 Å². The number of anilines is 1. The first-order valence-electron chi connectivity index (χ1n) is 8.50. The van der Waals surface area contributed by atoms with Gasteiger partial charge in [-0.15, -0.1) is 16.8 Å². The quantitative estimate of drug-likeness (QED) is 0.369. The van der Waals surface area contributed by atoms with Crippen molar-refractivity contribution >= 4 is 39.4 Å². The molecular weight excluding hydrogens is 461 g/mol. The van der Waals surface area contributed by atoms with Crippen molar-refractivity contribution < 1.29 is 13.9 Å². The summed E-state index contributed by atoms with van der Waals surface area (Å²) in [5.41, 5.74) is 0. The maximum Gasteiger partial charge on any atom is 0.236 e. The first-order valence-corrected chi connectivity index (χ1v) is 10.3. The molecule has 7 nitrogen and oxygen atoms in total. The van der Waals surface area contributed by atoms with Gasteiger partial charge in [0.05, 0.1) is 5.75 Å². The van der Waals surface area contributed by atoms with E-state index >= 15 is 0 Å². The van der Waals surface area contributed by atoms with E-state index in [9.17, 15) is 9.18 Å². The molecule has 0 saturated heterocycles. The molecule has 3 aromatic rings. The van der Waals surface area contributed by atoms with Crippen molar-refractivity contribution in [2.75, 3.05) is 11.1 Å². The summed E-state index contributed by atoms with van der Waals surface area (Å²) in [5, 5.41) is 11.6. The predicted molar refractivity (Wildman–Crippen MR) is 112 cm³/mol. The SMILES string of the molecule is C=CCn1c(COc2ccc(F)cc2)nnc1SCC(=O)Nc1ccc(Br)cn1. The zero-order chi connectivity index (χ0) is 20.6. The number of ether oxygens (including phenoxy) is 1.